The highest BCUT2D eigenvalue weighted by Gasteiger charge is 2.33. The normalized spacial score (nSPS) is 23.9. The molecule has 5 rings (SSSR count). The highest BCUT2D eigenvalue weighted by Crippen LogP contribution is 2.49. The Balaban J connectivity index is 1.70. The Morgan fingerprint density at radius 1 is 0.955 bits per heavy atom. The Morgan fingerprint density at radius 2 is 1.82 bits per heavy atom. The average Bonchev–Trinajstić information content (AvgIpc) is 2.99. The summed E-state index contributed by atoms with van der Waals surface area (Å²) in [7, 11) is 0. The molecule has 0 saturated heterocycles. The van der Waals surface area contributed by atoms with Gasteiger partial charge in [0.1, 0.15) is 0 Å². The van der Waals surface area contributed by atoms with Gasteiger partial charge in [-0.3, -0.25) is 0 Å². The number of benzene rings is 1. The number of hydrogen-bond donors (Lipinski definition) is 0. The maximum atomic E-state index is 2.45. The standard InChI is InChI=1S/C21H16S/c1-13-5-10-19(22-13)18-11-16-8-6-14-3-2-4-15-7-9-17(12-18)21(16)20(14)15/h2-12,16,21H,1H3. The second-order valence-electron chi connectivity index (χ2n) is 6.27. The quantitative estimate of drug-likeness (QED) is 0.621. The number of thiophene rings is 1. The number of hydrogen-bond acceptors (Lipinski definition) is 1. The van der Waals surface area contributed by atoms with Crippen molar-refractivity contribution in [2.75, 3.05) is 0 Å². The van der Waals surface area contributed by atoms with Gasteiger partial charge in [-0.15, -0.1) is 11.3 Å². The van der Waals surface area contributed by atoms with Crippen LogP contribution < -0.4 is 0 Å². The topological polar surface area (TPSA) is 0 Å². The lowest BCUT2D eigenvalue weighted by molar-refractivity contribution is 0.667. The molecule has 2 aromatic rings. The first kappa shape index (κ1) is 12.4. The number of allylic oxidation sites excluding steroid dienone is 6. The van der Waals surface area contributed by atoms with E-state index >= 15 is 0 Å². The molecule has 3 aliphatic carbocycles. The molecule has 1 aromatic carbocycles. The molecule has 106 valence electrons. The van der Waals surface area contributed by atoms with Gasteiger partial charge >= 0.3 is 0 Å². The SMILES string of the molecule is Cc1ccc(C2=CC3C=Cc4cccc5c4C3C(=C2)C=C5)s1. The summed E-state index contributed by atoms with van der Waals surface area (Å²) >= 11 is 1.89. The van der Waals surface area contributed by atoms with Crippen LogP contribution in [0, 0.1) is 12.8 Å². The van der Waals surface area contributed by atoms with E-state index in [0.29, 0.717) is 11.8 Å². The van der Waals surface area contributed by atoms with E-state index in [1.54, 1.807) is 0 Å². The van der Waals surface area contributed by atoms with Gasteiger partial charge in [0.25, 0.3) is 0 Å². The third-order valence-corrected chi connectivity index (χ3v) is 5.95. The summed E-state index contributed by atoms with van der Waals surface area (Å²) in [5.41, 5.74) is 7.13. The van der Waals surface area contributed by atoms with Crippen LogP contribution in [-0.4, -0.2) is 0 Å². The van der Waals surface area contributed by atoms with Gasteiger partial charge in [-0.05, 0) is 53.0 Å². The molecule has 0 saturated carbocycles. The minimum atomic E-state index is 0.482. The van der Waals surface area contributed by atoms with Gasteiger partial charge in [-0.2, -0.15) is 0 Å². The monoisotopic (exact) mass is 300 g/mol. The number of rotatable bonds is 1. The first-order valence-electron chi connectivity index (χ1n) is 7.79. The van der Waals surface area contributed by atoms with Gasteiger partial charge in [-0.25, -0.2) is 0 Å². The summed E-state index contributed by atoms with van der Waals surface area (Å²) in [4.78, 5) is 2.76. The van der Waals surface area contributed by atoms with E-state index in [0.717, 1.165) is 0 Å². The highest BCUT2D eigenvalue weighted by atomic mass is 32.1. The molecule has 0 fully saturated rings. The minimum absolute atomic E-state index is 0.482. The molecule has 0 nitrogen and oxygen atoms in total. The molecule has 0 amide bonds. The van der Waals surface area contributed by atoms with E-state index in [1.165, 1.54) is 37.6 Å². The first-order valence-corrected chi connectivity index (χ1v) is 8.61. The summed E-state index contributed by atoms with van der Waals surface area (Å²) in [6, 6.07) is 11.1. The van der Waals surface area contributed by atoms with Crippen molar-refractivity contribution in [2.45, 2.75) is 12.8 Å². The Hall–Kier alpha value is -2.12. The lowest BCUT2D eigenvalue weighted by Crippen LogP contribution is -2.21. The van der Waals surface area contributed by atoms with E-state index in [1.807, 2.05) is 11.3 Å². The fourth-order valence-corrected chi connectivity index (χ4v) is 4.78. The third-order valence-electron chi connectivity index (χ3n) is 4.90. The molecule has 2 unspecified atom stereocenters. The fraction of sp³-hybridized carbons (Fsp3) is 0.143. The van der Waals surface area contributed by atoms with Crippen molar-refractivity contribution in [2.24, 2.45) is 5.92 Å². The smallest absolute Gasteiger partial charge is 0.0342 e. The Bertz CT molecular complexity index is 902. The summed E-state index contributed by atoms with van der Waals surface area (Å²) in [5, 5.41) is 0. The molecule has 0 N–H and O–H groups in total. The van der Waals surface area contributed by atoms with Gasteiger partial charge in [-0.1, -0.05) is 48.6 Å². The third kappa shape index (κ3) is 1.69. The number of aryl methyl sites for hydroxylation is 1. The van der Waals surface area contributed by atoms with Crippen molar-refractivity contribution in [3.05, 3.63) is 86.7 Å². The van der Waals surface area contributed by atoms with Crippen LogP contribution in [0.15, 0.2) is 60.2 Å². The summed E-state index contributed by atoms with van der Waals surface area (Å²) in [6.45, 7) is 2.18. The van der Waals surface area contributed by atoms with Gasteiger partial charge < -0.3 is 0 Å². The molecular formula is C21H16S. The highest BCUT2D eigenvalue weighted by molar-refractivity contribution is 7.13. The average molecular weight is 300 g/mol. The van der Waals surface area contributed by atoms with Gasteiger partial charge in [0.05, 0.1) is 0 Å². The first-order chi connectivity index (χ1) is 10.8. The van der Waals surface area contributed by atoms with Crippen molar-refractivity contribution >= 4 is 29.1 Å². The zero-order chi connectivity index (χ0) is 14.7. The largest absolute Gasteiger partial charge is 0.141 e. The molecule has 0 bridgehead atoms. The van der Waals surface area contributed by atoms with E-state index < -0.39 is 0 Å². The van der Waals surface area contributed by atoms with Crippen LogP contribution in [0.25, 0.3) is 17.7 Å². The van der Waals surface area contributed by atoms with Crippen LogP contribution in [0.1, 0.15) is 32.4 Å². The van der Waals surface area contributed by atoms with Crippen molar-refractivity contribution in [3.8, 4) is 0 Å². The molecule has 3 aliphatic rings. The molecular weight excluding hydrogens is 284 g/mol. The molecule has 0 spiro atoms. The molecule has 0 aliphatic heterocycles. The van der Waals surface area contributed by atoms with Gasteiger partial charge in [0.15, 0.2) is 0 Å². The van der Waals surface area contributed by atoms with Crippen LogP contribution in [0.5, 0.6) is 0 Å². The van der Waals surface area contributed by atoms with Gasteiger partial charge in [0.2, 0.25) is 0 Å². The molecule has 2 atom stereocenters. The van der Waals surface area contributed by atoms with E-state index in [9.17, 15) is 0 Å². The van der Waals surface area contributed by atoms with Crippen LogP contribution in [-0.2, 0) is 0 Å². The van der Waals surface area contributed by atoms with Crippen LogP contribution in [0.2, 0.25) is 0 Å². The van der Waals surface area contributed by atoms with Crippen LogP contribution in [0.3, 0.4) is 0 Å². The predicted octanol–water partition coefficient (Wildman–Crippen LogP) is 5.83. The zero-order valence-electron chi connectivity index (χ0n) is 12.4. The maximum absolute atomic E-state index is 2.45. The Morgan fingerprint density at radius 3 is 2.64 bits per heavy atom. The lowest BCUT2D eigenvalue weighted by Gasteiger charge is -2.36. The predicted molar refractivity (Wildman–Crippen MR) is 95.9 cm³/mol. The maximum Gasteiger partial charge on any atom is 0.0342 e. The second kappa shape index (κ2) is 4.44. The summed E-state index contributed by atoms with van der Waals surface area (Å²) in [5.74, 6) is 0.988. The van der Waals surface area contributed by atoms with E-state index in [2.05, 4.69) is 73.7 Å². The molecule has 1 heterocycles. The lowest BCUT2D eigenvalue weighted by atomic mass is 9.68. The summed E-state index contributed by atoms with van der Waals surface area (Å²) in [6.07, 6.45) is 14.1. The fourth-order valence-electron chi connectivity index (χ4n) is 3.92. The second-order valence-corrected chi connectivity index (χ2v) is 7.56. The van der Waals surface area contributed by atoms with Gasteiger partial charge in [0, 0.05) is 21.6 Å². The van der Waals surface area contributed by atoms with Crippen molar-refractivity contribution in [1.29, 1.82) is 0 Å². The molecule has 0 radical (unpaired) electrons. The summed E-state index contributed by atoms with van der Waals surface area (Å²) < 4.78 is 0. The van der Waals surface area contributed by atoms with Crippen molar-refractivity contribution < 1.29 is 0 Å². The molecule has 1 heteroatoms. The van der Waals surface area contributed by atoms with Crippen LogP contribution in [0.4, 0.5) is 0 Å². The van der Waals surface area contributed by atoms with E-state index in [-0.39, 0.29) is 0 Å². The Labute approximate surface area is 134 Å². The molecule has 22 heavy (non-hydrogen) atoms. The van der Waals surface area contributed by atoms with Crippen molar-refractivity contribution in [1.82, 2.24) is 0 Å². The zero-order valence-corrected chi connectivity index (χ0v) is 13.2. The van der Waals surface area contributed by atoms with E-state index in [4.69, 9.17) is 0 Å². The molecule has 1 aromatic heterocycles. The minimum Gasteiger partial charge on any atom is -0.141 e. The Kier molecular flexibility index (Phi) is 2.51. The van der Waals surface area contributed by atoms with Crippen molar-refractivity contribution in [3.63, 3.8) is 0 Å². The van der Waals surface area contributed by atoms with Crippen LogP contribution >= 0.6 is 11.3 Å².